The highest BCUT2D eigenvalue weighted by atomic mass is 35.5. The number of amides is 1. The molecule has 0 bridgehead atoms. The molecule has 5 heterocycles. The number of ether oxygens (including phenoxy) is 1. The number of piperidine rings is 1. The molecule has 1 amide bonds. The van der Waals surface area contributed by atoms with Gasteiger partial charge < -0.3 is 9.30 Å². The van der Waals surface area contributed by atoms with Gasteiger partial charge in [-0.3, -0.25) is 14.6 Å². The van der Waals surface area contributed by atoms with Crippen molar-refractivity contribution in [2.45, 2.75) is 50.9 Å². The summed E-state index contributed by atoms with van der Waals surface area (Å²) in [5.74, 6) is 0.950. The van der Waals surface area contributed by atoms with Gasteiger partial charge in [0.25, 0.3) is 5.91 Å². The molecule has 0 N–H and O–H groups in total. The van der Waals surface area contributed by atoms with E-state index in [4.69, 9.17) is 16.3 Å². The van der Waals surface area contributed by atoms with Gasteiger partial charge in [0.15, 0.2) is 0 Å². The van der Waals surface area contributed by atoms with E-state index in [0.717, 1.165) is 37.3 Å². The van der Waals surface area contributed by atoms with Gasteiger partial charge in [-0.15, -0.1) is 10.2 Å². The number of anilines is 1. The first-order valence-electron chi connectivity index (χ1n) is 13.4. The van der Waals surface area contributed by atoms with Crippen molar-refractivity contribution in [3.8, 4) is 0 Å². The van der Waals surface area contributed by atoms with Gasteiger partial charge in [0, 0.05) is 37.5 Å². The van der Waals surface area contributed by atoms with E-state index in [-0.39, 0.29) is 28.6 Å². The van der Waals surface area contributed by atoms with E-state index in [1.54, 1.807) is 24.5 Å². The Morgan fingerprint density at radius 1 is 1.20 bits per heavy atom. The zero-order chi connectivity index (χ0) is 28.2. The number of carbonyl (C=O) groups excluding carboxylic acids is 1. The minimum atomic E-state index is -4.60. The van der Waals surface area contributed by atoms with Crippen LogP contribution < -0.4 is 4.90 Å². The monoisotopic (exact) mass is 574 g/mol. The van der Waals surface area contributed by atoms with Gasteiger partial charge >= 0.3 is 6.18 Å². The van der Waals surface area contributed by atoms with Crippen LogP contribution in [-0.4, -0.2) is 56.9 Å². The summed E-state index contributed by atoms with van der Waals surface area (Å²) in [5.41, 5.74) is 0.0830. The van der Waals surface area contributed by atoms with Crippen molar-refractivity contribution in [2.75, 3.05) is 31.2 Å². The van der Waals surface area contributed by atoms with Gasteiger partial charge in [0.1, 0.15) is 23.1 Å². The Labute approximate surface area is 235 Å². The van der Waals surface area contributed by atoms with E-state index < -0.39 is 23.1 Å². The average Bonchev–Trinajstić information content (AvgIpc) is 3.42. The van der Waals surface area contributed by atoms with Crippen LogP contribution in [0, 0.1) is 5.92 Å². The summed E-state index contributed by atoms with van der Waals surface area (Å²) in [5, 5.41) is 8.29. The minimum absolute atomic E-state index is 0.0302. The van der Waals surface area contributed by atoms with E-state index in [1.807, 2.05) is 11.6 Å². The summed E-state index contributed by atoms with van der Waals surface area (Å²) in [6.07, 6.45) is -0.332. The molecule has 0 aliphatic carbocycles. The van der Waals surface area contributed by atoms with E-state index in [9.17, 15) is 18.0 Å². The third-order valence-corrected chi connectivity index (χ3v) is 8.48. The SMILES string of the molecule is CC1CCCN(Cc2cc3c(c(C(F)(F)F)c2)CN(c2cc(C4(Cc5nncn5C)COC4)cc(Cl)n2)C3=O)C1. The third kappa shape index (κ3) is 4.99. The first-order chi connectivity index (χ1) is 19.0. The maximum absolute atomic E-state index is 14.3. The molecule has 1 unspecified atom stereocenters. The molecule has 6 rings (SSSR count). The molecule has 2 saturated heterocycles. The van der Waals surface area contributed by atoms with Crippen molar-refractivity contribution >= 4 is 23.3 Å². The zero-order valence-electron chi connectivity index (χ0n) is 22.3. The van der Waals surface area contributed by atoms with Gasteiger partial charge in [0.05, 0.1) is 25.3 Å². The molecule has 0 saturated carbocycles. The number of benzene rings is 1. The zero-order valence-corrected chi connectivity index (χ0v) is 23.1. The second-order valence-electron chi connectivity index (χ2n) is 11.4. The number of aryl methyl sites for hydroxylation is 1. The summed E-state index contributed by atoms with van der Waals surface area (Å²) >= 11 is 6.43. The molecule has 8 nitrogen and oxygen atoms in total. The number of alkyl halides is 3. The summed E-state index contributed by atoms with van der Waals surface area (Å²) in [6, 6.07) is 6.27. The number of carbonyl (C=O) groups is 1. The van der Waals surface area contributed by atoms with E-state index in [2.05, 4.69) is 27.0 Å². The van der Waals surface area contributed by atoms with Gasteiger partial charge in [-0.05, 0) is 66.3 Å². The van der Waals surface area contributed by atoms with Crippen molar-refractivity contribution < 1.29 is 22.7 Å². The lowest BCUT2D eigenvalue weighted by Gasteiger charge is -2.42. The number of hydrogen-bond acceptors (Lipinski definition) is 6. The molecule has 212 valence electrons. The van der Waals surface area contributed by atoms with Gasteiger partial charge in [-0.2, -0.15) is 13.2 Å². The smallest absolute Gasteiger partial charge is 0.379 e. The summed E-state index contributed by atoms with van der Waals surface area (Å²) in [4.78, 5) is 21.5. The van der Waals surface area contributed by atoms with Crippen LogP contribution in [0.3, 0.4) is 0 Å². The molecule has 3 aliphatic heterocycles. The van der Waals surface area contributed by atoms with E-state index in [0.29, 0.717) is 37.7 Å². The predicted molar refractivity (Wildman–Crippen MR) is 142 cm³/mol. The lowest BCUT2D eigenvalue weighted by molar-refractivity contribution is -0.138. The highest BCUT2D eigenvalue weighted by Crippen LogP contribution is 2.42. The Hall–Kier alpha value is -3.02. The highest BCUT2D eigenvalue weighted by Gasteiger charge is 2.44. The Morgan fingerprint density at radius 2 is 2.00 bits per heavy atom. The van der Waals surface area contributed by atoms with Crippen molar-refractivity contribution in [3.05, 3.63) is 69.4 Å². The lowest BCUT2D eigenvalue weighted by atomic mass is 9.76. The number of fused-ring (bicyclic) bond motifs is 1. The van der Waals surface area contributed by atoms with Crippen LogP contribution in [0.1, 0.15) is 58.2 Å². The molecule has 3 aromatic rings. The number of hydrogen-bond donors (Lipinski definition) is 0. The number of rotatable bonds is 6. The number of nitrogens with zero attached hydrogens (tertiary/aromatic N) is 6. The van der Waals surface area contributed by atoms with Crippen LogP contribution in [-0.2, 0) is 42.9 Å². The number of aromatic nitrogens is 4. The maximum Gasteiger partial charge on any atom is 0.416 e. The fourth-order valence-corrected chi connectivity index (χ4v) is 6.31. The maximum atomic E-state index is 14.3. The number of pyridine rings is 1. The van der Waals surface area contributed by atoms with Crippen molar-refractivity contribution in [3.63, 3.8) is 0 Å². The van der Waals surface area contributed by atoms with Crippen LogP contribution in [0.25, 0.3) is 0 Å². The third-order valence-electron chi connectivity index (χ3n) is 8.28. The fourth-order valence-electron chi connectivity index (χ4n) is 6.10. The lowest BCUT2D eigenvalue weighted by Crippen LogP contribution is -2.49. The molecular formula is C28H30ClF3N6O2. The van der Waals surface area contributed by atoms with Crippen molar-refractivity contribution in [1.29, 1.82) is 0 Å². The van der Waals surface area contributed by atoms with E-state index in [1.165, 1.54) is 11.0 Å². The summed E-state index contributed by atoms with van der Waals surface area (Å²) in [6.45, 7) is 4.76. The minimum Gasteiger partial charge on any atom is -0.379 e. The molecule has 1 atom stereocenters. The second-order valence-corrected chi connectivity index (χ2v) is 11.8. The first kappa shape index (κ1) is 27.2. The molecule has 12 heteroatoms. The molecule has 2 fully saturated rings. The Balaban J connectivity index is 1.33. The van der Waals surface area contributed by atoms with Crippen LogP contribution in [0.2, 0.25) is 5.15 Å². The molecule has 40 heavy (non-hydrogen) atoms. The molecule has 3 aliphatic rings. The van der Waals surface area contributed by atoms with Crippen LogP contribution in [0.15, 0.2) is 30.6 Å². The predicted octanol–water partition coefficient (Wildman–Crippen LogP) is 4.79. The van der Waals surface area contributed by atoms with Crippen molar-refractivity contribution in [1.82, 2.24) is 24.6 Å². The van der Waals surface area contributed by atoms with Crippen molar-refractivity contribution in [2.24, 2.45) is 13.0 Å². The van der Waals surface area contributed by atoms with Gasteiger partial charge in [-0.25, -0.2) is 4.98 Å². The topological polar surface area (TPSA) is 76.4 Å². The summed E-state index contributed by atoms with van der Waals surface area (Å²) < 4.78 is 50.2. The number of halogens is 4. The second kappa shape index (κ2) is 10.1. The van der Waals surface area contributed by atoms with Gasteiger partial charge in [-0.1, -0.05) is 18.5 Å². The largest absolute Gasteiger partial charge is 0.416 e. The Morgan fingerprint density at radius 3 is 2.65 bits per heavy atom. The summed E-state index contributed by atoms with van der Waals surface area (Å²) in [7, 11) is 1.85. The molecule has 2 aromatic heterocycles. The van der Waals surface area contributed by atoms with E-state index >= 15 is 0 Å². The molecular weight excluding hydrogens is 545 g/mol. The fraction of sp³-hybridized carbons (Fsp3) is 0.500. The first-order valence-corrected chi connectivity index (χ1v) is 13.8. The number of likely N-dealkylation sites (tertiary alicyclic amines) is 1. The quantitative estimate of drug-likeness (QED) is 0.394. The molecule has 0 spiro atoms. The van der Waals surface area contributed by atoms with Gasteiger partial charge in [0.2, 0.25) is 0 Å². The standard InChI is InChI=1S/C28H30ClF3N6O2/c1-17-4-3-5-37(11-17)12-18-6-20-21(22(7-18)28(30,31)32)13-38(26(20)39)24-9-19(8-23(29)34-24)27(14-40-15-27)10-25-35-33-16-36(25)2/h6-9,16-17H,3-5,10-15H2,1-2H3. The molecule has 0 radical (unpaired) electrons. The molecule has 1 aromatic carbocycles. The normalized spacial score (nSPS) is 21.0. The Bertz CT molecular complexity index is 1450. The average molecular weight is 575 g/mol. The van der Waals surface area contributed by atoms with Crippen LogP contribution in [0.4, 0.5) is 19.0 Å². The highest BCUT2D eigenvalue weighted by molar-refractivity contribution is 6.29. The van der Waals surface area contributed by atoms with Crippen LogP contribution >= 0.6 is 11.6 Å². The van der Waals surface area contributed by atoms with Crippen LogP contribution in [0.5, 0.6) is 0 Å². The Kier molecular flexibility index (Phi) is 6.87.